The minimum atomic E-state index is 0.874. The summed E-state index contributed by atoms with van der Waals surface area (Å²) in [5, 5.41) is 0. The Kier molecular flexibility index (Phi) is 4.29. The quantitative estimate of drug-likeness (QED) is 0.813. The van der Waals surface area contributed by atoms with Gasteiger partial charge in [-0.3, -0.25) is 4.98 Å². The van der Waals surface area contributed by atoms with Crippen LogP contribution in [0.3, 0.4) is 0 Å². The summed E-state index contributed by atoms with van der Waals surface area (Å²) in [6.45, 7) is 6.31. The van der Waals surface area contributed by atoms with Crippen molar-refractivity contribution in [1.82, 2.24) is 9.88 Å². The summed E-state index contributed by atoms with van der Waals surface area (Å²) in [6.07, 6.45) is 10.6. The zero-order chi connectivity index (χ0) is 12.8. The third-order valence-electron chi connectivity index (χ3n) is 3.14. The fourth-order valence-corrected chi connectivity index (χ4v) is 2.11. The second-order valence-electron chi connectivity index (χ2n) is 4.16. The minimum absolute atomic E-state index is 0.874. The van der Waals surface area contributed by atoms with Gasteiger partial charge in [0.2, 0.25) is 0 Å². The van der Waals surface area contributed by atoms with Gasteiger partial charge in [-0.1, -0.05) is 6.08 Å². The molecule has 0 bridgehead atoms. The molecule has 0 saturated carbocycles. The SMILES string of the molecule is CCN(CC)C1=NC=CC=C(c2ccncc2)C1. The Labute approximate surface area is 109 Å². The first kappa shape index (κ1) is 12.6. The average Bonchev–Trinajstić information content (AvgIpc) is 2.67. The summed E-state index contributed by atoms with van der Waals surface area (Å²) in [4.78, 5) is 10.9. The molecule has 0 unspecified atom stereocenters. The molecule has 0 atom stereocenters. The van der Waals surface area contributed by atoms with Gasteiger partial charge in [0.25, 0.3) is 0 Å². The molecule has 0 fully saturated rings. The highest BCUT2D eigenvalue weighted by atomic mass is 15.2. The standard InChI is InChI=1S/C15H19N3/c1-3-18(4-2)15-12-14(6-5-9-17-15)13-7-10-16-11-8-13/h5-11H,3-4,12H2,1-2H3. The van der Waals surface area contributed by atoms with E-state index in [4.69, 9.17) is 0 Å². The zero-order valence-corrected chi connectivity index (χ0v) is 11.0. The second-order valence-corrected chi connectivity index (χ2v) is 4.16. The number of aromatic nitrogens is 1. The van der Waals surface area contributed by atoms with Crippen LogP contribution in [0.1, 0.15) is 25.8 Å². The Morgan fingerprint density at radius 3 is 2.56 bits per heavy atom. The Morgan fingerprint density at radius 2 is 1.89 bits per heavy atom. The molecule has 0 radical (unpaired) electrons. The minimum Gasteiger partial charge on any atom is -0.360 e. The molecule has 1 aliphatic rings. The van der Waals surface area contributed by atoms with Gasteiger partial charge in [0.1, 0.15) is 5.84 Å². The van der Waals surface area contributed by atoms with Crippen LogP contribution in [0.2, 0.25) is 0 Å². The van der Waals surface area contributed by atoms with E-state index < -0.39 is 0 Å². The van der Waals surface area contributed by atoms with E-state index in [-0.39, 0.29) is 0 Å². The molecule has 0 spiro atoms. The number of hydrogen-bond acceptors (Lipinski definition) is 3. The molecule has 94 valence electrons. The lowest BCUT2D eigenvalue weighted by Crippen LogP contribution is -2.30. The van der Waals surface area contributed by atoms with Crippen LogP contribution < -0.4 is 0 Å². The highest BCUT2D eigenvalue weighted by molar-refractivity contribution is 5.94. The van der Waals surface area contributed by atoms with Crippen molar-refractivity contribution in [2.45, 2.75) is 20.3 Å². The van der Waals surface area contributed by atoms with Crippen molar-refractivity contribution in [3.05, 3.63) is 48.4 Å². The Bertz CT molecular complexity index is 468. The van der Waals surface area contributed by atoms with Crippen LogP contribution in [-0.2, 0) is 0 Å². The molecule has 1 aromatic heterocycles. The molecule has 1 aliphatic heterocycles. The first-order chi connectivity index (χ1) is 8.85. The van der Waals surface area contributed by atoms with E-state index in [1.807, 2.05) is 36.8 Å². The van der Waals surface area contributed by atoms with Crippen LogP contribution in [0.5, 0.6) is 0 Å². The second kappa shape index (κ2) is 6.15. The van der Waals surface area contributed by atoms with Crippen molar-refractivity contribution in [3.63, 3.8) is 0 Å². The summed E-state index contributed by atoms with van der Waals surface area (Å²) in [6, 6.07) is 4.09. The monoisotopic (exact) mass is 241 g/mol. The van der Waals surface area contributed by atoms with Crippen molar-refractivity contribution >= 4 is 11.4 Å². The topological polar surface area (TPSA) is 28.5 Å². The lowest BCUT2D eigenvalue weighted by atomic mass is 10.0. The van der Waals surface area contributed by atoms with E-state index in [9.17, 15) is 0 Å². The van der Waals surface area contributed by atoms with Gasteiger partial charge in [0.05, 0.1) is 0 Å². The molecule has 0 aliphatic carbocycles. The maximum absolute atomic E-state index is 4.54. The summed E-state index contributed by atoms with van der Waals surface area (Å²) < 4.78 is 0. The first-order valence-corrected chi connectivity index (χ1v) is 6.42. The number of nitrogens with zero attached hydrogens (tertiary/aromatic N) is 3. The maximum Gasteiger partial charge on any atom is 0.108 e. The zero-order valence-electron chi connectivity index (χ0n) is 11.0. The van der Waals surface area contributed by atoms with Crippen molar-refractivity contribution in [2.75, 3.05) is 13.1 Å². The van der Waals surface area contributed by atoms with Gasteiger partial charge < -0.3 is 4.90 Å². The van der Waals surface area contributed by atoms with Crippen LogP contribution in [-0.4, -0.2) is 28.8 Å². The van der Waals surface area contributed by atoms with E-state index >= 15 is 0 Å². The number of pyridine rings is 1. The van der Waals surface area contributed by atoms with Crippen LogP contribution in [0, 0.1) is 0 Å². The largest absolute Gasteiger partial charge is 0.360 e. The molecule has 3 nitrogen and oxygen atoms in total. The molecule has 0 aromatic carbocycles. The van der Waals surface area contributed by atoms with E-state index in [1.54, 1.807) is 0 Å². The van der Waals surface area contributed by atoms with E-state index in [0.717, 1.165) is 25.3 Å². The molecule has 18 heavy (non-hydrogen) atoms. The Morgan fingerprint density at radius 1 is 1.17 bits per heavy atom. The lowest BCUT2D eigenvalue weighted by molar-refractivity contribution is 0.459. The fourth-order valence-electron chi connectivity index (χ4n) is 2.11. The van der Waals surface area contributed by atoms with Crippen LogP contribution in [0.15, 0.2) is 47.9 Å². The van der Waals surface area contributed by atoms with Crippen LogP contribution in [0.25, 0.3) is 5.57 Å². The summed E-state index contributed by atoms with van der Waals surface area (Å²) >= 11 is 0. The molecular formula is C15H19N3. The fraction of sp³-hybridized carbons (Fsp3) is 0.333. The third kappa shape index (κ3) is 2.86. The number of allylic oxidation sites excluding steroid dienone is 2. The molecule has 3 heteroatoms. The number of amidine groups is 1. The average molecular weight is 241 g/mol. The Balaban J connectivity index is 2.23. The molecular weight excluding hydrogens is 222 g/mol. The van der Waals surface area contributed by atoms with Gasteiger partial charge in [-0.15, -0.1) is 0 Å². The van der Waals surface area contributed by atoms with Gasteiger partial charge in [-0.05, 0) is 43.2 Å². The lowest BCUT2D eigenvalue weighted by Gasteiger charge is -2.23. The van der Waals surface area contributed by atoms with Gasteiger partial charge in [0.15, 0.2) is 0 Å². The molecule has 2 heterocycles. The van der Waals surface area contributed by atoms with Crippen LogP contribution >= 0.6 is 0 Å². The van der Waals surface area contributed by atoms with E-state index in [2.05, 4.69) is 34.8 Å². The first-order valence-electron chi connectivity index (χ1n) is 6.42. The van der Waals surface area contributed by atoms with Crippen molar-refractivity contribution in [3.8, 4) is 0 Å². The van der Waals surface area contributed by atoms with Crippen molar-refractivity contribution in [2.24, 2.45) is 4.99 Å². The van der Waals surface area contributed by atoms with Gasteiger partial charge in [-0.25, -0.2) is 4.99 Å². The van der Waals surface area contributed by atoms with E-state index in [0.29, 0.717) is 0 Å². The maximum atomic E-state index is 4.54. The predicted octanol–water partition coefficient (Wildman–Crippen LogP) is 3.12. The van der Waals surface area contributed by atoms with E-state index in [1.165, 1.54) is 11.1 Å². The van der Waals surface area contributed by atoms with Gasteiger partial charge in [0, 0.05) is 38.1 Å². The summed E-state index contributed by atoms with van der Waals surface area (Å²) in [5.74, 6) is 1.14. The normalized spacial score (nSPS) is 14.8. The predicted molar refractivity (Wildman–Crippen MR) is 76.3 cm³/mol. The number of hydrogen-bond donors (Lipinski definition) is 0. The smallest absolute Gasteiger partial charge is 0.108 e. The van der Waals surface area contributed by atoms with Crippen molar-refractivity contribution < 1.29 is 0 Å². The molecule has 1 aromatic rings. The number of aliphatic imine (C=N–C) groups is 1. The molecule has 0 N–H and O–H groups in total. The Hall–Kier alpha value is -1.90. The highest BCUT2D eigenvalue weighted by Gasteiger charge is 2.12. The van der Waals surface area contributed by atoms with Gasteiger partial charge in [-0.2, -0.15) is 0 Å². The van der Waals surface area contributed by atoms with Crippen molar-refractivity contribution in [1.29, 1.82) is 0 Å². The summed E-state index contributed by atoms with van der Waals surface area (Å²) in [7, 11) is 0. The molecule has 2 rings (SSSR count). The molecule has 0 saturated heterocycles. The van der Waals surface area contributed by atoms with Gasteiger partial charge >= 0.3 is 0 Å². The summed E-state index contributed by atoms with van der Waals surface area (Å²) in [5.41, 5.74) is 2.51. The highest BCUT2D eigenvalue weighted by Crippen LogP contribution is 2.21. The third-order valence-corrected chi connectivity index (χ3v) is 3.14. The molecule has 0 amide bonds. The number of rotatable bonds is 3. The van der Waals surface area contributed by atoms with Crippen LogP contribution in [0.4, 0.5) is 0 Å².